The molecule has 0 spiro atoms. The normalized spacial score (nSPS) is 15.4. The van der Waals surface area contributed by atoms with Gasteiger partial charge in [0.15, 0.2) is 0 Å². The van der Waals surface area contributed by atoms with Crippen LogP contribution >= 0.6 is 11.6 Å². The van der Waals surface area contributed by atoms with Crippen molar-refractivity contribution in [2.45, 2.75) is 38.5 Å². The van der Waals surface area contributed by atoms with Crippen molar-refractivity contribution in [1.82, 2.24) is 5.32 Å². The maximum absolute atomic E-state index is 6.20. The zero-order chi connectivity index (χ0) is 13.8. The van der Waals surface area contributed by atoms with Crippen LogP contribution in [0, 0.1) is 0 Å². The molecular formula is C14H23ClN2O. The van der Waals surface area contributed by atoms with Gasteiger partial charge in [-0.3, -0.25) is 0 Å². The fourth-order valence-corrected chi connectivity index (χ4v) is 2.08. The number of halogens is 1. The molecule has 0 fully saturated rings. The molecule has 18 heavy (non-hydrogen) atoms. The highest BCUT2D eigenvalue weighted by molar-refractivity contribution is 6.31. The summed E-state index contributed by atoms with van der Waals surface area (Å²) in [5.41, 5.74) is 6.72. The first-order valence-corrected chi connectivity index (χ1v) is 6.52. The number of nitrogens with two attached hydrogens (primary N) is 1. The van der Waals surface area contributed by atoms with E-state index in [1.807, 2.05) is 38.1 Å². The largest absolute Gasteiger partial charge is 0.375 e. The fourth-order valence-electron chi connectivity index (χ4n) is 1.84. The van der Waals surface area contributed by atoms with Gasteiger partial charge in [-0.25, -0.2) is 0 Å². The standard InChI is InChI=1S/C14H23ClN2O/c1-10(17-9-14(2,3)16)13(18-4)11-7-5-6-8-12(11)15/h5-8,10,13,17H,9,16H2,1-4H3. The molecule has 102 valence electrons. The van der Waals surface area contributed by atoms with Gasteiger partial charge in [0.05, 0.1) is 6.10 Å². The molecule has 0 amide bonds. The molecule has 1 aromatic carbocycles. The van der Waals surface area contributed by atoms with Crippen LogP contribution < -0.4 is 11.1 Å². The van der Waals surface area contributed by atoms with Gasteiger partial charge >= 0.3 is 0 Å². The van der Waals surface area contributed by atoms with E-state index >= 15 is 0 Å². The lowest BCUT2D eigenvalue weighted by atomic mass is 10.0. The van der Waals surface area contributed by atoms with Crippen molar-refractivity contribution in [2.75, 3.05) is 13.7 Å². The molecule has 3 N–H and O–H groups in total. The zero-order valence-corrected chi connectivity index (χ0v) is 12.3. The Labute approximate surface area is 115 Å². The van der Waals surface area contributed by atoms with Crippen LogP contribution in [-0.2, 0) is 4.74 Å². The van der Waals surface area contributed by atoms with Crippen molar-refractivity contribution >= 4 is 11.6 Å². The highest BCUT2D eigenvalue weighted by Crippen LogP contribution is 2.27. The number of benzene rings is 1. The molecule has 1 aromatic rings. The first-order valence-electron chi connectivity index (χ1n) is 6.14. The summed E-state index contributed by atoms with van der Waals surface area (Å²) in [4.78, 5) is 0. The van der Waals surface area contributed by atoms with Crippen molar-refractivity contribution in [2.24, 2.45) is 5.73 Å². The van der Waals surface area contributed by atoms with E-state index in [0.717, 1.165) is 17.1 Å². The average molecular weight is 271 g/mol. The zero-order valence-electron chi connectivity index (χ0n) is 11.5. The van der Waals surface area contributed by atoms with Crippen molar-refractivity contribution in [1.29, 1.82) is 0 Å². The Hall–Kier alpha value is -0.610. The topological polar surface area (TPSA) is 47.3 Å². The van der Waals surface area contributed by atoms with Crippen molar-refractivity contribution in [3.63, 3.8) is 0 Å². The third-order valence-corrected chi connectivity index (χ3v) is 3.14. The van der Waals surface area contributed by atoms with Crippen LogP contribution in [-0.4, -0.2) is 25.2 Å². The van der Waals surface area contributed by atoms with Crippen LogP contribution in [0.1, 0.15) is 32.4 Å². The maximum atomic E-state index is 6.20. The smallest absolute Gasteiger partial charge is 0.0985 e. The van der Waals surface area contributed by atoms with Gasteiger partial charge in [0.2, 0.25) is 0 Å². The van der Waals surface area contributed by atoms with Crippen molar-refractivity contribution in [3.8, 4) is 0 Å². The summed E-state index contributed by atoms with van der Waals surface area (Å²) in [5, 5.41) is 4.12. The quantitative estimate of drug-likeness (QED) is 0.836. The number of rotatable bonds is 6. The van der Waals surface area contributed by atoms with Crippen molar-refractivity contribution in [3.05, 3.63) is 34.9 Å². The van der Waals surface area contributed by atoms with Gasteiger partial charge in [0.1, 0.15) is 0 Å². The summed E-state index contributed by atoms with van der Waals surface area (Å²) in [6.07, 6.45) is -0.0824. The minimum Gasteiger partial charge on any atom is -0.375 e. The Morgan fingerprint density at radius 1 is 1.39 bits per heavy atom. The SMILES string of the molecule is COC(c1ccccc1Cl)C(C)NCC(C)(C)N. The van der Waals surface area contributed by atoms with E-state index in [4.69, 9.17) is 22.1 Å². The summed E-state index contributed by atoms with van der Waals surface area (Å²) in [6, 6.07) is 7.88. The second kappa shape index (κ2) is 6.53. The third kappa shape index (κ3) is 4.58. The predicted octanol–water partition coefficient (Wildman–Crippen LogP) is 2.74. The first kappa shape index (κ1) is 15.4. The second-order valence-corrected chi connectivity index (χ2v) is 5.74. The molecule has 0 aromatic heterocycles. The summed E-state index contributed by atoms with van der Waals surface area (Å²) in [7, 11) is 1.69. The molecular weight excluding hydrogens is 248 g/mol. The van der Waals surface area contributed by atoms with Crippen LogP contribution in [0.5, 0.6) is 0 Å². The van der Waals surface area contributed by atoms with Gasteiger partial charge in [0, 0.05) is 35.8 Å². The van der Waals surface area contributed by atoms with Crippen LogP contribution in [0.4, 0.5) is 0 Å². The molecule has 3 nitrogen and oxygen atoms in total. The molecule has 0 saturated carbocycles. The van der Waals surface area contributed by atoms with Gasteiger partial charge in [-0.05, 0) is 26.8 Å². The molecule has 2 atom stereocenters. The molecule has 0 bridgehead atoms. The van der Waals surface area contributed by atoms with Crippen LogP contribution in [0.2, 0.25) is 5.02 Å². The van der Waals surface area contributed by atoms with Crippen molar-refractivity contribution < 1.29 is 4.74 Å². The lowest BCUT2D eigenvalue weighted by molar-refractivity contribution is 0.0721. The Kier molecular flexibility index (Phi) is 5.60. The summed E-state index contributed by atoms with van der Waals surface area (Å²) < 4.78 is 5.56. The van der Waals surface area contributed by atoms with Gasteiger partial charge < -0.3 is 15.8 Å². The lowest BCUT2D eigenvalue weighted by Crippen LogP contribution is -2.47. The maximum Gasteiger partial charge on any atom is 0.0985 e. The number of ether oxygens (including phenoxy) is 1. The van der Waals surface area contributed by atoms with E-state index in [1.165, 1.54) is 0 Å². The Balaban J connectivity index is 2.75. The Bertz CT molecular complexity index is 376. The van der Waals surface area contributed by atoms with E-state index in [1.54, 1.807) is 7.11 Å². The average Bonchev–Trinajstić information content (AvgIpc) is 2.29. The monoisotopic (exact) mass is 270 g/mol. The van der Waals surface area contributed by atoms with Gasteiger partial charge in [-0.2, -0.15) is 0 Å². The minimum absolute atomic E-state index is 0.0824. The van der Waals surface area contributed by atoms with E-state index in [2.05, 4.69) is 12.2 Å². The first-order chi connectivity index (χ1) is 8.35. The second-order valence-electron chi connectivity index (χ2n) is 5.34. The molecule has 0 radical (unpaired) electrons. The Morgan fingerprint density at radius 3 is 2.50 bits per heavy atom. The molecule has 0 saturated heterocycles. The summed E-state index contributed by atoms with van der Waals surface area (Å²) in [6.45, 7) is 6.77. The number of methoxy groups -OCH3 is 1. The highest BCUT2D eigenvalue weighted by Gasteiger charge is 2.22. The number of hydrogen-bond acceptors (Lipinski definition) is 3. The summed E-state index contributed by atoms with van der Waals surface area (Å²) in [5.74, 6) is 0. The molecule has 0 heterocycles. The van der Waals surface area contributed by atoms with E-state index in [-0.39, 0.29) is 17.7 Å². The van der Waals surface area contributed by atoms with Crippen LogP contribution in [0.25, 0.3) is 0 Å². The molecule has 2 unspecified atom stereocenters. The van der Waals surface area contributed by atoms with Crippen LogP contribution in [0.15, 0.2) is 24.3 Å². The van der Waals surface area contributed by atoms with E-state index in [9.17, 15) is 0 Å². The Morgan fingerprint density at radius 2 is 2.00 bits per heavy atom. The highest BCUT2D eigenvalue weighted by atomic mass is 35.5. The van der Waals surface area contributed by atoms with Gasteiger partial charge in [-0.15, -0.1) is 0 Å². The molecule has 4 heteroatoms. The van der Waals surface area contributed by atoms with Gasteiger partial charge in [0.25, 0.3) is 0 Å². The summed E-state index contributed by atoms with van der Waals surface area (Å²) >= 11 is 6.20. The lowest BCUT2D eigenvalue weighted by Gasteiger charge is -2.28. The minimum atomic E-state index is -0.243. The molecule has 0 aliphatic carbocycles. The van der Waals surface area contributed by atoms with Gasteiger partial charge in [-0.1, -0.05) is 29.8 Å². The predicted molar refractivity (Wildman–Crippen MR) is 76.9 cm³/mol. The third-order valence-electron chi connectivity index (χ3n) is 2.80. The molecule has 0 aliphatic heterocycles. The van der Waals surface area contributed by atoms with E-state index < -0.39 is 0 Å². The number of hydrogen-bond donors (Lipinski definition) is 2. The number of nitrogens with one attached hydrogen (secondary N) is 1. The van der Waals surface area contributed by atoms with Crippen LogP contribution in [0.3, 0.4) is 0 Å². The molecule has 0 aliphatic rings. The fraction of sp³-hybridized carbons (Fsp3) is 0.571. The molecule has 1 rings (SSSR count). The van der Waals surface area contributed by atoms with E-state index in [0.29, 0.717) is 0 Å².